The average Bonchev–Trinajstić information content (AvgIpc) is 2.87. The lowest BCUT2D eigenvalue weighted by molar-refractivity contribution is 0.0527. The van der Waals surface area contributed by atoms with Gasteiger partial charge in [-0.05, 0) is 64.9 Å². The maximum Gasteiger partial charge on any atom is 0.407 e. The largest absolute Gasteiger partial charge is 0.444 e. The lowest BCUT2D eigenvalue weighted by atomic mass is 10.1. The first kappa shape index (κ1) is 23.2. The molecule has 1 aromatic rings. The van der Waals surface area contributed by atoms with Gasteiger partial charge in [-0.2, -0.15) is 5.10 Å². The minimum absolute atomic E-state index is 0.293. The van der Waals surface area contributed by atoms with Crippen LogP contribution in [0.1, 0.15) is 78.5 Å². The summed E-state index contributed by atoms with van der Waals surface area (Å²) in [6.45, 7) is 15.8. The van der Waals surface area contributed by atoms with Crippen LogP contribution in [-0.4, -0.2) is 40.3 Å². The fraction of sp³-hybridized carbons (Fsp3) is 0.762. The van der Waals surface area contributed by atoms with Crippen LogP contribution in [-0.2, 0) is 11.3 Å². The Kier molecular flexibility index (Phi) is 9.53. The van der Waals surface area contributed by atoms with E-state index in [1.165, 1.54) is 0 Å². The Labute approximate surface area is 164 Å². The predicted molar refractivity (Wildman–Crippen MR) is 112 cm³/mol. The lowest BCUT2D eigenvalue weighted by Crippen LogP contribution is -2.33. The number of nitrogens with zero attached hydrogens (tertiary/aromatic N) is 3. The second-order valence-corrected chi connectivity index (χ2v) is 8.58. The van der Waals surface area contributed by atoms with Crippen LogP contribution in [0, 0.1) is 12.8 Å². The summed E-state index contributed by atoms with van der Waals surface area (Å²) < 4.78 is 7.23. The molecule has 1 atom stereocenters. The first-order chi connectivity index (χ1) is 12.6. The highest BCUT2D eigenvalue weighted by molar-refractivity contribution is 5.78. The highest BCUT2D eigenvalue weighted by atomic mass is 16.6. The van der Waals surface area contributed by atoms with Crippen molar-refractivity contribution < 1.29 is 9.53 Å². The molecule has 27 heavy (non-hydrogen) atoms. The van der Waals surface area contributed by atoms with Crippen LogP contribution < -0.4 is 5.32 Å². The minimum atomic E-state index is -0.452. The number of aliphatic imine (C=N–C) groups is 1. The average molecular weight is 379 g/mol. The summed E-state index contributed by atoms with van der Waals surface area (Å²) in [6.07, 6.45) is 7.61. The van der Waals surface area contributed by atoms with E-state index in [1.54, 1.807) is 0 Å². The number of aromatic nitrogens is 2. The summed E-state index contributed by atoms with van der Waals surface area (Å²) in [6, 6.07) is 0.293. The van der Waals surface area contributed by atoms with Gasteiger partial charge in [-0.15, -0.1) is 0 Å². The molecule has 0 aromatic carbocycles. The Morgan fingerprint density at radius 2 is 2.07 bits per heavy atom. The van der Waals surface area contributed by atoms with Crippen molar-refractivity contribution >= 4 is 12.3 Å². The Hall–Kier alpha value is -1.85. The van der Waals surface area contributed by atoms with E-state index in [0.717, 1.165) is 43.5 Å². The predicted octanol–water partition coefficient (Wildman–Crippen LogP) is 4.74. The van der Waals surface area contributed by atoms with Gasteiger partial charge in [0.15, 0.2) is 0 Å². The fourth-order valence-electron chi connectivity index (χ4n) is 2.70. The van der Waals surface area contributed by atoms with Crippen molar-refractivity contribution in [3.8, 4) is 0 Å². The second-order valence-electron chi connectivity index (χ2n) is 8.58. The van der Waals surface area contributed by atoms with Crippen molar-refractivity contribution in [2.45, 2.75) is 92.3 Å². The van der Waals surface area contributed by atoms with Gasteiger partial charge in [0, 0.05) is 31.5 Å². The molecule has 0 radical (unpaired) electrons. The van der Waals surface area contributed by atoms with Gasteiger partial charge in [-0.25, -0.2) is 4.79 Å². The number of hydrogen-bond acceptors (Lipinski definition) is 4. The molecule has 154 valence electrons. The SMILES string of the molecule is CC[C@H](CCCCNC(=O)OC(C)(C)C)N=Cc1nn(CC(C)C)cc1C. The number of amides is 1. The molecule has 1 N–H and O–H groups in total. The normalized spacial score (nSPS) is 13.3. The number of aryl methyl sites for hydroxylation is 1. The standard InChI is InChI=1S/C21H38N4O2/c1-8-18(11-9-10-12-22-20(26)27-21(5,6)7)23-13-19-17(4)15-25(24-19)14-16(2)3/h13,15-16,18H,8-12,14H2,1-7H3,(H,22,26)/t18-/m1/s1. The summed E-state index contributed by atoms with van der Waals surface area (Å²) in [5, 5.41) is 7.42. The molecule has 1 heterocycles. The van der Waals surface area contributed by atoms with Crippen LogP contribution >= 0.6 is 0 Å². The minimum Gasteiger partial charge on any atom is -0.444 e. The van der Waals surface area contributed by atoms with E-state index in [0.29, 0.717) is 18.5 Å². The highest BCUT2D eigenvalue weighted by Gasteiger charge is 2.15. The number of nitrogens with one attached hydrogen (secondary N) is 1. The molecule has 0 spiro atoms. The third-order valence-electron chi connectivity index (χ3n) is 4.05. The molecule has 0 aliphatic heterocycles. The van der Waals surface area contributed by atoms with Crippen LogP contribution in [0.5, 0.6) is 0 Å². The summed E-state index contributed by atoms with van der Waals surface area (Å²) >= 11 is 0. The molecule has 6 heteroatoms. The zero-order valence-electron chi connectivity index (χ0n) is 18.2. The van der Waals surface area contributed by atoms with E-state index in [1.807, 2.05) is 31.7 Å². The molecule has 1 aromatic heterocycles. The third-order valence-corrected chi connectivity index (χ3v) is 4.05. The third kappa shape index (κ3) is 10.2. The summed E-state index contributed by atoms with van der Waals surface area (Å²) in [5.41, 5.74) is 1.67. The van der Waals surface area contributed by atoms with Crippen LogP contribution in [0.2, 0.25) is 0 Å². The molecule has 0 saturated heterocycles. The van der Waals surface area contributed by atoms with Crippen molar-refractivity contribution in [2.75, 3.05) is 6.54 Å². The summed E-state index contributed by atoms with van der Waals surface area (Å²) in [7, 11) is 0. The lowest BCUT2D eigenvalue weighted by Gasteiger charge is -2.19. The van der Waals surface area contributed by atoms with E-state index in [-0.39, 0.29) is 6.09 Å². The van der Waals surface area contributed by atoms with E-state index in [4.69, 9.17) is 9.73 Å². The fourth-order valence-corrected chi connectivity index (χ4v) is 2.70. The van der Waals surface area contributed by atoms with E-state index in [2.05, 4.69) is 44.3 Å². The Balaban J connectivity index is 2.37. The van der Waals surface area contributed by atoms with Gasteiger partial charge in [0.25, 0.3) is 0 Å². The Morgan fingerprint density at radius 1 is 1.37 bits per heavy atom. The molecule has 0 fully saturated rings. The number of rotatable bonds is 10. The summed E-state index contributed by atoms with van der Waals surface area (Å²) in [5.74, 6) is 0.576. The summed E-state index contributed by atoms with van der Waals surface area (Å²) in [4.78, 5) is 16.3. The monoisotopic (exact) mass is 378 g/mol. The first-order valence-corrected chi connectivity index (χ1v) is 10.1. The molecule has 6 nitrogen and oxygen atoms in total. The number of ether oxygens (including phenoxy) is 1. The molecule has 1 rings (SSSR count). The number of hydrogen-bond donors (Lipinski definition) is 1. The van der Waals surface area contributed by atoms with Gasteiger partial charge in [0.1, 0.15) is 11.3 Å². The van der Waals surface area contributed by atoms with Crippen molar-refractivity contribution in [1.82, 2.24) is 15.1 Å². The zero-order valence-corrected chi connectivity index (χ0v) is 18.2. The van der Waals surface area contributed by atoms with Gasteiger partial charge in [-0.3, -0.25) is 9.67 Å². The Bertz CT molecular complexity index is 600. The molecule has 0 saturated carbocycles. The molecular formula is C21H38N4O2. The van der Waals surface area contributed by atoms with Crippen LogP contribution in [0.4, 0.5) is 4.79 Å². The maximum atomic E-state index is 11.6. The van der Waals surface area contributed by atoms with Crippen LogP contribution in [0.25, 0.3) is 0 Å². The first-order valence-electron chi connectivity index (χ1n) is 10.1. The van der Waals surface area contributed by atoms with Crippen molar-refractivity contribution in [3.63, 3.8) is 0 Å². The molecule has 1 amide bonds. The number of unbranched alkanes of at least 4 members (excludes halogenated alkanes) is 1. The quantitative estimate of drug-likeness (QED) is 0.472. The van der Waals surface area contributed by atoms with E-state index in [9.17, 15) is 4.79 Å². The van der Waals surface area contributed by atoms with Gasteiger partial charge < -0.3 is 10.1 Å². The number of carbonyl (C=O) groups excluding carboxylic acids is 1. The molecule has 0 unspecified atom stereocenters. The second kappa shape index (κ2) is 11.1. The topological polar surface area (TPSA) is 68.5 Å². The van der Waals surface area contributed by atoms with Crippen LogP contribution in [0.15, 0.2) is 11.2 Å². The zero-order chi connectivity index (χ0) is 20.4. The smallest absolute Gasteiger partial charge is 0.407 e. The molecule has 0 aliphatic carbocycles. The van der Waals surface area contributed by atoms with Gasteiger partial charge in [0.05, 0.1) is 0 Å². The maximum absolute atomic E-state index is 11.6. The number of carbonyl (C=O) groups is 1. The van der Waals surface area contributed by atoms with Crippen molar-refractivity contribution in [3.05, 3.63) is 17.5 Å². The molecule has 0 aliphatic rings. The van der Waals surface area contributed by atoms with E-state index >= 15 is 0 Å². The highest BCUT2D eigenvalue weighted by Crippen LogP contribution is 2.11. The van der Waals surface area contributed by atoms with Crippen molar-refractivity contribution in [2.24, 2.45) is 10.9 Å². The molecule has 0 bridgehead atoms. The molecular weight excluding hydrogens is 340 g/mol. The Morgan fingerprint density at radius 3 is 2.67 bits per heavy atom. The van der Waals surface area contributed by atoms with Gasteiger partial charge in [0.2, 0.25) is 0 Å². The van der Waals surface area contributed by atoms with Crippen LogP contribution in [0.3, 0.4) is 0 Å². The van der Waals surface area contributed by atoms with Gasteiger partial charge >= 0.3 is 6.09 Å². The van der Waals surface area contributed by atoms with Gasteiger partial charge in [-0.1, -0.05) is 20.8 Å². The number of alkyl carbamates (subject to hydrolysis) is 1. The van der Waals surface area contributed by atoms with E-state index < -0.39 is 5.60 Å². The van der Waals surface area contributed by atoms with Crippen molar-refractivity contribution in [1.29, 1.82) is 0 Å².